The van der Waals surface area contributed by atoms with Crippen molar-refractivity contribution < 1.29 is 0 Å². The fourth-order valence-electron chi connectivity index (χ4n) is 2.98. The number of anilines is 1. The van der Waals surface area contributed by atoms with E-state index in [9.17, 15) is 5.26 Å². The molecule has 1 aromatic carbocycles. The van der Waals surface area contributed by atoms with Crippen LogP contribution in [0, 0.1) is 11.3 Å². The van der Waals surface area contributed by atoms with E-state index in [1.165, 1.54) is 12.8 Å². The third-order valence-corrected chi connectivity index (χ3v) is 4.37. The number of halogens is 1. The van der Waals surface area contributed by atoms with Crippen LogP contribution in [0.1, 0.15) is 18.4 Å². The Morgan fingerprint density at radius 2 is 2.35 bits per heavy atom. The van der Waals surface area contributed by atoms with Crippen molar-refractivity contribution in [2.45, 2.75) is 18.9 Å². The summed E-state index contributed by atoms with van der Waals surface area (Å²) in [6, 6.07) is 6.64. The van der Waals surface area contributed by atoms with Gasteiger partial charge in [0.2, 0.25) is 0 Å². The maximum atomic E-state index is 9.18. The first-order valence-corrected chi connectivity index (χ1v) is 7.24. The number of piperidine rings is 1. The Balaban J connectivity index is 2.06. The minimum atomic E-state index is 0.514. The second kappa shape index (κ2) is 5.35. The number of benzene rings is 1. The molecule has 20 heavy (non-hydrogen) atoms. The number of hydrogen-bond donors (Lipinski definition) is 2. The zero-order valence-corrected chi connectivity index (χ0v) is 12.2. The van der Waals surface area contributed by atoms with Crippen LogP contribution in [0.3, 0.4) is 0 Å². The van der Waals surface area contributed by atoms with Crippen LogP contribution in [-0.4, -0.2) is 31.2 Å². The van der Waals surface area contributed by atoms with Crippen LogP contribution in [0.2, 0.25) is 5.02 Å². The largest absolute Gasteiger partial charge is 0.368 e. The third kappa shape index (κ3) is 2.13. The highest BCUT2D eigenvalue weighted by atomic mass is 35.5. The van der Waals surface area contributed by atoms with E-state index < -0.39 is 0 Å². The summed E-state index contributed by atoms with van der Waals surface area (Å²) in [7, 11) is 2.01. The summed E-state index contributed by atoms with van der Waals surface area (Å²) in [6.45, 7) is 2.02. The number of aromatic amines is 1. The van der Waals surface area contributed by atoms with Crippen molar-refractivity contribution in [3.05, 3.63) is 28.9 Å². The SMILES string of the molecule is CNC1CCCN(c2ccc(Cl)c3c(C#N)c[nH]c23)C1. The zero-order chi connectivity index (χ0) is 14.1. The van der Waals surface area contributed by atoms with Gasteiger partial charge in [0, 0.05) is 30.7 Å². The predicted octanol–water partition coefficient (Wildman–Crippen LogP) is 2.88. The van der Waals surface area contributed by atoms with Gasteiger partial charge in [-0.05, 0) is 32.0 Å². The van der Waals surface area contributed by atoms with E-state index in [-0.39, 0.29) is 0 Å². The molecule has 0 aliphatic carbocycles. The van der Waals surface area contributed by atoms with Crippen molar-refractivity contribution in [1.82, 2.24) is 10.3 Å². The molecule has 1 aliphatic rings. The van der Waals surface area contributed by atoms with E-state index in [0.717, 1.165) is 29.7 Å². The van der Waals surface area contributed by atoms with Crippen molar-refractivity contribution in [3.63, 3.8) is 0 Å². The summed E-state index contributed by atoms with van der Waals surface area (Å²) >= 11 is 6.25. The van der Waals surface area contributed by atoms with Gasteiger partial charge in [-0.1, -0.05) is 11.6 Å². The van der Waals surface area contributed by atoms with Crippen LogP contribution < -0.4 is 10.2 Å². The third-order valence-electron chi connectivity index (χ3n) is 4.05. The quantitative estimate of drug-likeness (QED) is 0.893. The second-order valence-corrected chi connectivity index (χ2v) is 5.61. The second-order valence-electron chi connectivity index (χ2n) is 5.20. The van der Waals surface area contributed by atoms with Gasteiger partial charge in [-0.2, -0.15) is 5.26 Å². The normalized spacial score (nSPS) is 19.2. The number of rotatable bonds is 2. The summed E-state index contributed by atoms with van der Waals surface area (Å²) in [5.41, 5.74) is 2.70. The van der Waals surface area contributed by atoms with Gasteiger partial charge in [0.15, 0.2) is 0 Å². The van der Waals surface area contributed by atoms with Crippen LogP contribution >= 0.6 is 11.6 Å². The lowest BCUT2D eigenvalue weighted by Crippen LogP contribution is -2.44. The number of aromatic nitrogens is 1. The highest BCUT2D eigenvalue weighted by molar-refractivity contribution is 6.36. The molecular formula is C15H17ClN4. The number of nitriles is 1. The van der Waals surface area contributed by atoms with Crippen molar-refractivity contribution in [1.29, 1.82) is 5.26 Å². The number of nitrogens with zero attached hydrogens (tertiary/aromatic N) is 2. The molecular weight excluding hydrogens is 272 g/mol. The van der Waals surface area contributed by atoms with E-state index in [1.807, 2.05) is 19.2 Å². The molecule has 1 fully saturated rings. The van der Waals surface area contributed by atoms with Gasteiger partial charge < -0.3 is 15.2 Å². The maximum Gasteiger partial charge on any atom is 0.101 e. The molecule has 2 heterocycles. The Kier molecular flexibility index (Phi) is 3.56. The summed E-state index contributed by atoms with van der Waals surface area (Å²) < 4.78 is 0. The van der Waals surface area contributed by atoms with Crippen LogP contribution in [0.4, 0.5) is 5.69 Å². The van der Waals surface area contributed by atoms with Gasteiger partial charge in [-0.15, -0.1) is 0 Å². The van der Waals surface area contributed by atoms with E-state index in [2.05, 4.69) is 21.3 Å². The molecule has 1 aromatic heterocycles. The number of H-pyrrole nitrogens is 1. The molecule has 1 atom stereocenters. The molecule has 1 unspecified atom stereocenters. The summed E-state index contributed by atoms with van der Waals surface area (Å²) in [4.78, 5) is 5.57. The first-order chi connectivity index (χ1) is 9.74. The van der Waals surface area contributed by atoms with Crippen LogP contribution in [-0.2, 0) is 0 Å². The fourth-order valence-corrected chi connectivity index (χ4v) is 3.23. The molecule has 0 bridgehead atoms. The predicted molar refractivity (Wildman–Crippen MR) is 82.3 cm³/mol. The maximum absolute atomic E-state index is 9.18. The highest BCUT2D eigenvalue weighted by Crippen LogP contribution is 2.34. The van der Waals surface area contributed by atoms with Gasteiger partial charge in [0.05, 0.1) is 21.8 Å². The van der Waals surface area contributed by atoms with Gasteiger partial charge in [0.1, 0.15) is 6.07 Å². The minimum absolute atomic E-state index is 0.514. The Hall–Kier alpha value is -1.70. The molecule has 5 heteroatoms. The first-order valence-electron chi connectivity index (χ1n) is 6.86. The van der Waals surface area contributed by atoms with Gasteiger partial charge in [0.25, 0.3) is 0 Å². The van der Waals surface area contributed by atoms with E-state index >= 15 is 0 Å². The van der Waals surface area contributed by atoms with Gasteiger partial charge in [-0.3, -0.25) is 0 Å². The number of likely N-dealkylation sites (N-methyl/N-ethyl adjacent to an activating group) is 1. The fraction of sp³-hybridized carbons (Fsp3) is 0.400. The topological polar surface area (TPSA) is 54.9 Å². The smallest absolute Gasteiger partial charge is 0.101 e. The standard InChI is InChI=1S/C15H17ClN4/c1-18-11-3-2-6-20(9-11)13-5-4-12(16)14-10(7-17)8-19-15(13)14/h4-5,8,11,18-19H,2-3,6,9H2,1H3. The summed E-state index contributed by atoms with van der Waals surface area (Å²) in [6.07, 6.45) is 4.11. The average Bonchev–Trinajstić information content (AvgIpc) is 2.92. The molecule has 1 saturated heterocycles. The van der Waals surface area contributed by atoms with Crippen LogP contribution in [0.25, 0.3) is 10.9 Å². The lowest BCUT2D eigenvalue weighted by Gasteiger charge is -2.34. The van der Waals surface area contributed by atoms with Crippen molar-refractivity contribution in [2.75, 3.05) is 25.0 Å². The number of hydrogen-bond acceptors (Lipinski definition) is 3. The number of nitrogens with one attached hydrogen (secondary N) is 2. The minimum Gasteiger partial charge on any atom is -0.368 e. The molecule has 104 valence electrons. The van der Waals surface area contributed by atoms with Crippen molar-refractivity contribution in [2.24, 2.45) is 0 Å². The monoisotopic (exact) mass is 288 g/mol. The van der Waals surface area contributed by atoms with Crippen molar-refractivity contribution in [3.8, 4) is 6.07 Å². The Morgan fingerprint density at radius 3 is 3.10 bits per heavy atom. The molecule has 0 spiro atoms. The summed E-state index contributed by atoms with van der Waals surface area (Å²) in [5, 5.41) is 14.0. The molecule has 3 rings (SSSR count). The van der Waals surface area contributed by atoms with E-state index in [1.54, 1.807) is 6.20 Å². The van der Waals surface area contributed by atoms with E-state index in [0.29, 0.717) is 16.6 Å². The lowest BCUT2D eigenvalue weighted by molar-refractivity contribution is 0.450. The van der Waals surface area contributed by atoms with Gasteiger partial charge in [-0.25, -0.2) is 0 Å². The molecule has 0 radical (unpaired) electrons. The van der Waals surface area contributed by atoms with E-state index in [4.69, 9.17) is 11.6 Å². The number of fused-ring (bicyclic) bond motifs is 1. The molecule has 2 aromatic rings. The van der Waals surface area contributed by atoms with Crippen molar-refractivity contribution >= 4 is 28.2 Å². The Morgan fingerprint density at radius 1 is 1.50 bits per heavy atom. The first kappa shape index (κ1) is 13.3. The highest BCUT2D eigenvalue weighted by Gasteiger charge is 2.21. The Labute approximate surface area is 123 Å². The zero-order valence-electron chi connectivity index (χ0n) is 11.4. The molecule has 0 amide bonds. The molecule has 1 aliphatic heterocycles. The Bertz CT molecular complexity index is 670. The average molecular weight is 289 g/mol. The summed E-state index contributed by atoms with van der Waals surface area (Å²) in [5.74, 6) is 0. The van der Waals surface area contributed by atoms with Crippen LogP contribution in [0.5, 0.6) is 0 Å². The van der Waals surface area contributed by atoms with Gasteiger partial charge >= 0.3 is 0 Å². The molecule has 0 saturated carbocycles. The molecule has 2 N–H and O–H groups in total. The molecule has 4 nitrogen and oxygen atoms in total. The lowest BCUT2D eigenvalue weighted by atomic mass is 10.0. The van der Waals surface area contributed by atoms with Crippen LogP contribution in [0.15, 0.2) is 18.3 Å².